The van der Waals surface area contributed by atoms with Crippen molar-refractivity contribution < 1.29 is 14.3 Å². The van der Waals surface area contributed by atoms with E-state index in [1.807, 2.05) is 20.8 Å². The zero-order valence-electron chi connectivity index (χ0n) is 9.61. The lowest BCUT2D eigenvalue weighted by Crippen LogP contribution is -2.20. The Morgan fingerprint density at radius 1 is 1.38 bits per heavy atom. The summed E-state index contributed by atoms with van der Waals surface area (Å²) in [6.07, 6.45) is -0.104. The molecule has 1 amide bonds. The molecule has 1 aromatic carbocycles. The average Bonchev–Trinajstić information content (AvgIpc) is 2.15. The monoisotopic (exact) mass is 221 g/mol. The van der Waals surface area contributed by atoms with E-state index in [0.29, 0.717) is 11.3 Å². The molecule has 0 aliphatic rings. The summed E-state index contributed by atoms with van der Waals surface area (Å²) in [7, 11) is 0. The van der Waals surface area contributed by atoms with Crippen LogP contribution in [0.15, 0.2) is 18.2 Å². The Balaban J connectivity index is 3.27. The molecule has 0 radical (unpaired) electrons. The number of rotatable bonds is 2. The van der Waals surface area contributed by atoms with Crippen molar-refractivity contribution in [3.05, 3.63) is 29.3 Å². The summed E-state index contributed by atoms with van der Waals surface area (Å²) in [4.78, 5) is 21.4. The fourth-order valence-corrected chi connectivity index (χ4v) is 1.40. The molecular formula is C12H15NO3. The van der Waals surface area contributed by atoms with Crippen LogP contribution in [0.1, 0.15) is 36.7 Å². The van der Waals surface area contributed by atoms with Crippen LogP contribution >= 0.6 is 0 Å². The van der Waals surface area contributed by atoms with Crippen molar-refractivity contribution in [1.82, 2.24) is 0 Å². The van der Waals surface area contributed by atoms with Gasteiger partial charge in [0.1, 0.15) is 12.0 Å². The van der Waals surface area contributed by atoms with Gasteiger partial charge in [-0.2, -0.15) is 0 Å². The van der Waals surface area contributed by atoms with Crippen LogP contribution in [-0.4, -0.2) is 12.4 Å². The Hall–Kier alpha value is -1.84. The minimum absolute atomic E-state index is 0.232. The zero-order chi connectivity index (χ0) is 12.3. The van der Waals surface area contributed by atoms with Gasteiger partial charge in [-0.3, -0.25) is 4.79 Å². The lowest BCUT2D eigenvalue weighted by atomic mass is 9.85. The van der Waals surface area contributed by atoms with Gasteiger partial charge in [-0.15, -0.1) is 0 Å². The maximum absolute atomic E-state index is 10.7. The van der Waals surface area contributed by atoms with Gasteiger partial charge in [0.15, 0.2) is 0 Å². The Morgan fingerprint density at radius 3 is 2.44 bits per heavy atom. The predicted molar refractivity (Wildman–Crippen MR) is 60.7 cm³/mol. The molecule has 4 heteroatoms. The van der Waals surface area contributed by atoms with E-state index in [1.54, 1.807) is 18.2 Å². The van der Waals surface area contributed by atoms with Gasteiger partial charge in [-0.25, -0.2) is 4.79 Å². The highest BCUT2D eigenvalue weighted by atomic mass is 16.5. The minimum atomic E-state index is -0.857. The zero-order valence-corrected chi connectivity index (χ0v) is 9.61. The molecule has 1 rings (SSSR count). The van der Waals surface area contributed by atoms with Gasteiger partial charge in [0.05, 0.1) is 0 Å². The molecule has 2 N–H and O–H groups in total. The van der Waals surface area contributed by atoms with Crippen LogP contribution in [0.5, 0.6) is 5.75 Å². The summed E-state index contributed by atoms with van der Waals surface area (Å²) >= 11 is 0. The molecule has 0 saturated carbocycles. The lowest BCUT2D eigenvalue weighted by Gasteiger charge is -2.22. The van der Waals surface area contributed by atoms with Crippen LogP contribution in [0.25, 0.3) is 0 Å². The third-order valence-corrected chi connectivity index (χ3v) is 2.16. The number of hydrogen-bond acceptors (Lipinski definition) is 3. The fraction of sp³-hybridized carbons (Fsp3) is 0.333. The summed E-state index contributed by atoms with van der Waals surface area (Å²) in [5, 5.41) is 0. The Bertz CT molecular complexity index is 419. The number of carbonyl (C=O) groups is 2. The predicted octanol–water partition coefficient (Wildman–Crippen LogP) is 2.25. The molecule has 0 saturated heterocycles. The van der Waals surface area contributed by atoms with E-state index >= 15 is 0 Å². The summed E-state index contributed by atoms with van der Waals surface area (Å²) in [6.45, 7) is 5.89. The first-order valence-corrected chi connectivity index (χ1v) is 4.91. The van der Waals surface area contributed by atoms with Crippen molar-refractivity contribution in [1.29, 1.82) is 0 Å². The summed E-state index contributed by atoms with van der Waals surface area (Å²) in [6, 6.07) is 4.86. The normalized spacial score (nSPS) is 10.9. The van der Waals surface area contributed by atoms with Gasteiger partial charge >= 0.3 is 6.09 Å². The highest BCUT2D eigenvalue weighted by molar-refractivity contribution is 5.77. The van der Waals surface area contributed by atoms with Crippen molar-refractivity contribution in [2.75, 3.05) is 0 Å². The number of ether oxygens (including phenoxy) is 1. The van der Waals surface area contributed by atoms with Gasteiger partial charge in [0, 0.05) is 11.1 Å². The van der Waals surface area contributed by atoms with E-state index in [2.05, 4.69) is 0 Å². The van der Waals surface area contributed by atoms with Gasteiger partial charge in [0.2, 0.25) is 0 Å². The second-order valence-electron chi connectivity index (χ2n) is 4.54. The summed E-state index contributed by atoms with van der Waals surface area (Å²) in [5.41, 5.74) is 6.06. The molecule has 1 aromatic rings. The second kappa shape index (κ2) is 4.35. The number of hydrogen-bond donors (Lipinski definition) is 1. The van der Waals surface area contributed by atoms with E-state index in [-0.39, 0.29) is 5.41 Å². The van der Waals surface area contributed by atoms with Crippen LogP contribution in [0, 0.1) is 0 Å². The lowest BCUT2D eigenvalue weighted by molar-refractivity contribution is 0.112. The standard InChI is InChI=1S/C12H15NO3/c1-12(2,3)9-6-8(7-14)4-5-10(9)16-11(13)15/h4-7H,1-3H3,(H2,13,15). The molecule has 86 valence electrons. The molecule has 16 heavy (non-hydrogen) atoms. The van der Waals surface area contributed by atoms with Crippen LogP contribution in [0.3, 0.4) is 0 Å². The molecular weight excluding hydrogens is 206 g/mol. The number of primary amides is 1. The number of benzene rings is 1. The van der Waals surface area contributed by atoms with E-state index in [4.69, 9.17) is 10.5 Å². The number of nitrogens with two attached hydrogens (primary N) is 1. The van der Waals surface area contributed by atoms with Crippen molar-refractivity contribution in [3.63, 3.8) is 0 Å². The van der Waals surface area contributed by atoms with Crippen molar-refractivity contribution >= 4 is 12.4 Å². The van der Waals surface area contributed by atoms with E-state index < -0.39 is 6.09 Å². The molecule has 0 aliphatic heterocycles. The Morgan fingerprint density at radius 2 is 2.00 bits per heavy atom. The van der Waals surface area contributed by atoms with Gasteiger partial charge in [-0.1, -0.05) is 20.8 Å². The van der Waals surface area contributed by atoms with Gasteiger partial charge < -0.3 is 10.5 Å². The SMILES string of the molecule is CC(C)(C)c1cc(C=O)ccc1OC(N)=O. The van der Waals surface area contributed by atoms with E-state index in [0.717, 1.165) is 11.8 Å². The third-order valence-electron chi connectivity index (χ3n) is 2.16. The van der Waals surface area contributed by atoms with Crippen molar-refractivity contribution in [2.24, 2.45) is 5.73 Å². The first-order valence-electron chi connectivity index (χ1n) is 4.91. The molecule has 0 aliphatic carbocycles. The Kier molecular flexibility index (Phi) is 3.32. The summed E-state index contributed by atoms with van der Waals surface area (Å²) < 4.78 is 4.89. The third kappa shape index (κ3) is 2.82. The minimum Gasteiger partial charge on any atom is -0.410 e. The Labute approximate surface area is 94.4 Å². The van der Waals surface area contributed by atoms with Crippen molar-refractivity contribution in [3.8, 4) is 5.75 Å². The fourth-order valence-electron chi connectivity index (χ4n) is 1.40. The molecule has 4 nitrogen and oxygen atoms in total. The van der Waals surface area contributed by atoms with Crippen molar-refractivity contribution in [2.45, 2.75) is 26.2 Å². The first kappa shape index (κ1) is 12.2. The number of carbonyl (C=O) groups excluding carboxylic acids is 2. The highest BCUT2D eigenvalue weighted by Gasteiger charge is 2.20. The quantitative estimate of drug-likeness (QED) is 0.779. The second-order valence-corrected chi connectivity index (χ2v) is 4.54. The largest absolute Gasteiger partial charge is 0.410 e. The molecule has 0 atom stereocenters. The number of amides is 1. The maximum Gasteiger partial charge on any atom is 0.409 e. The van der Waals surface area contributed by atoms with Crippen LogP contribution in [-0.2, 0) is 5.41 Å². The molecule has 0 bridgehead atoms. The number of aldehydes is 1. The van der Waals surface area contributed by atoms with Crippen LogP contribution < -0.4 is 10.5 Å². The van der Waals surface area contributed by atoms with Gasteiger partial charge in [0.25, 0.3) is 0 Å². The average molecular weight is 221 g/mol. The molecule has 0 fully saturated rings. The maximum atomic E-state index is 10.7. The molecule has 0 unspecified atom stereocenters. The molecule has 0 heterocycles. The van der Waals surface area contributed by atoms with Crippen LogP contribution in [0.4, 0.5) is 4.79 Å². The van der Waals surface area contributed by atoms with E-state index in [9.17, 15) is 9.59 Å². The van der Waals surface area contributed by atoms with Gasteiger partial charge in [-0.05, 0) is 23.6 Å². The smallest absolute Gasteiger partial charge is 0.409 e. The van der Waals surface area contributed by atoms with Crippen LogP contribution in [0.2, 0.25) is 0 Å². The topological polar surface area (TPSA) is 69.4 Å². The molecule has 0 spiro atoms. The highest BCUT2D eigenvalue weighted by Crippen LogP contribution is 2.31. The summed E-state index contributed by atoms with van der Waals surface area (Å²) in [5.74, 6) is 0.394. The van der Waals surface area contributed by atoms with E-state index in [1.165, 1.54) is 0 Å². The first-order chi connectivity index (χ1) is 7.34. The molecule has 0 aromatic heterocycles.